The van der Waals surface area contributed by atoms with E-state index in [1.807, 2.05) is 36.4 Å². The van der Waals surface area contributed by atoms with Crippen molar-refractivity contribution in [1.82, 2.24) is 19.8 Å². The molecule has 42 heavy (non-hydrogen) atoms. The van der Waals surface area contributed by atoms with Gasteiger partial charge in [-0.1, -0.05) is 12.1 Å². The van der Waals surface area contributed by atoms with Crippen molar-refractivity contribution in [3.63, 3.8) is 0 Å². The van der Waals surface area contributed by atoms with Gasteiger partial charge in [0.1, 0.15) is 13.6 Å². The molecule has 1 aliphatic heterocycles. The minimum Gasteiger partial charge on any atom is -0.378 e. The second kappa shape index (κ2) is 22.4. The Morgan fingerprint density at radius 1 is 0.548 bits per heavy atom. The molecule has 0 saturated carbocycles. The highest BCUT2D eigenvalue weighted by atomic mass is 16.7. The van der Waals surface area contributed by atoms with Gasteiger partial charge in [-0.3, -0.25) is 19.8 Å². The molecule has 0 atom stereocenters. The van der Waals surface area contributed by atoms with Gasteiger partial charge in [0.15, 0.2) is 0 Å². The molecule has 0 aromatic carbocycles. The molecule has 0 unspecified atom stereocenters. The zero-order valence-corrected chi connectivity index (χ0v) is 25.2. The Hall–Kier alpha value is -2.10. The molecule has 0 aliphatic carbocycles. The quantitative estimate of drug-likeness (QED) is 0.266. The molecule has 0 spiro atoms. The molecule has 0 bridgehead atoms. The van der Waals surface area contributed by atoms with Crippen LogP contribution in [-0.2, 0) is 64.2 Å². The number of hydrogen-bond donors (Lipinski definition) is 0. The van der Waals surface area contributed by atoms with Crippen LogP contribution in [0.4, 0.5) is 0 Å². The largest absolute Gasteiger partial charge is 0.378 e. The summed E-state index contributed by atoms with van der Waals surface area (Å²) in [6.45, 7) is 10.4. The zero-order valence-electron chi connectivity index (χ0n) is 25.2. The van der Waals surface area contributed by atoms with Gasteiger partial charge in [-0.25, -0.2) is 0 Å². The van der Waals surface area contributed by atoms with E-state index in [2.05, 4.69) is 9.80 Å². The third kappa shape index (κ3) is 15.4. The lowest BCUT2D eigenvalue weighted by Crippen LogP contribution is -2.33. The molecular formula is C30H48N4O8. The Kier molecular flexibility index (Phi) is 18.4. The highest BCUT2D eigenvalue weighted by Crippen LogP contribution is 2.07. The van der Waals surface area contributed by atoms with Crippen molar-refractivity contribution in [2.75, 3.05) is 107 Å². The van der Waals surface area contributed by atoms with E-state index in [9.17, 15) is 0 Å². The van der Waals surface area contributed by atoms with Crippen molar-refractivity contribution in [3.8, 4) is 0 Å². The second-order valence-corrected chi connectivity index (χ2v) is 9.75. The molecule has 12 heteroatoms. The molecule has 3 rings (SSSR count). The first-order valence-corrected chi connectivity index (χ1v) is 14.6. The lowest BCUT2D eigenvalue weighted by molar-refractivity contribution is -0.0402. The summed E-state index contributed by atoms with van der Waals surface area (Å²) in [6.07, 6.45) is 0. The van der Waals surface area contributed by atoms with E-state index >= 15 is 0 Å². The maximum atomic E-state index is 5.89. The highest BCUT2D eigenvalue weighted by Gasteiger charge is 2.11. The molecule has 0 N–H and O–H groups in total. The van der Waals surface area contributed by atoms with E-state index in [-0.39, 0.29) is 13.6 Å². The summed E-state index contributed by atoms with van der Waals surface area (Å²) in [5.41, 5.74) is 3.72. The number of hydrogen-bond acceptors (Lipinski definition) is 12. The van der Waals surface area contributed by atoms with Crippen molar-refractivity contribution >= 4 is 0 Å². The predicted octanol–water partition coefficient (Wildman–Crippen LogP) is 2.10. The second-order valence-electron chi connectivity index (χ2n) is 9.75. The molecule has 0 amide bonds. The zero-order chi connectivity index (χ0) is 29.5. The fourth-order valence-electron chi connectivity index (χ4n) is 4.27. The molecule has 236 valence electrons. The van der Waals surface area contributed by atoms with Gasteiger partial charge < -0.3 is 37.9 Å². The molecule has 1 fully saturated rings. The SMILES string of the molecule is COCOCc1cccc(CN2CCOCCOCCN(Cc3cccc(COCOC)n3)CCOCCOCC2)n1. The van der Waals surface area contributed by atoms with Gasteiger partial charge in [-0.15, -0.1) is 0 Å². The van der Waals surface area contributed by atoms with Crippen LogP contribution in [0.25, 0.3) is 0 Å². The van der Waals surface area contributed by atoms with Gasteiger partial charge in [0.05, 0.1) is 88.8 Å². The van der Waals surface area contributed by atoms with Crippen molar-refractivity contribution in [2.45, 2.75) is 26.3 Å². The smallest absolute Gasteiger partial charge is 0.146 e. The monoisotopic (exact) mass is 592 g/mol. The fraction of sp³-hybridized carbons (Fsp3) is 0.667. The summed E-state index contributed by atoms with van der Waals surface area (Å²) in [5, 5.41) is 0. The minimum atomic E-state index is 0.247. The third-order valence-electron chi connectivity index (χ3n) is 6.35. The van der Waals surface area contributed by atoms with Crippen molar-refractivity contribution in [2.24, 2.45) is 0 Å². The number of rotatable bonds is 12. The fourth-order valence-corrected chi connectivity index (χ4v) is 4.27. The molecule has 3 heterocycles. The number of ether oxygens (including phenoxy) is 8. The summed E-state index contributed by atoms with van der Waals surface area (Å²) in [5.74, 6) is 0. The Labute approximate surface area is 250 Å². The van der Waals surface area contributed by atoms with Crippen LogP contribution in [0.5, 0.6) is 0 Å². The Bertz CT molecular complexity index is 862. The standard InChI is InChI=1S/C30H48N4O8/c1-35-25-41-23-29-7-3-5-27(31-29)21-33-9-13-37-17-19-39-15-11-34(12-16-40-20-18-38-14-10-33)22-28-6-4-8-30(32-28)24-42-26-36-2/h3-8H,9-26H2,1-2H3. The summed E-state index contributed by atoms with van der Waals surface area (Å²) in [6, 6.07) is 12.0. The van der Waals surface area contributed by atoms with Crippen LogP contribution in [0, 0.1) is 0 Å². The van der Waals surface area contributed by atoms with E-state index in [0.29, 0.717) is 79.2 Å². The van der Waals surface area contributed by atoms with E-state index in [1.165, 1.54) is 0 Å². The first-order valence-electron chi connectivity index (χ1n) is 14.6. The average Bonchev–Trinajstić information content (AvgIpc) is 2.99. The van der Waals surface area contributed by atoms with Crippen LogP contribution in [0.15, 0.2) is 36.4 Å². The first kappa shape index (κ1) is 34.4. The molecule has 12 nitrogen and oxygen atoms in total. The first-order chi connectivity index (χ1) is 20.8. The minimum absolute atomic E-state index is 0.247. The Morgan fingerprint density at radius 2 is 0.905 bits per heavy atom. The highest BCUT2D eigenvalue weighted by molar-refractivity contribution is 5.11. The lowest BCUT2D eigenvalue weighted by Gasteiger charge is -2.23. The Morgan fingerprint density at radius 3 is 1.26 bits per heavy atom. The third-order valence-corrected chi connectivity index (χ3v) is 6.35. The van der Waals surface area contributed by atoms with Crippen molar-refractivity contribution in [1.29, 1.82) is 0 Å². The van der Waals surface area contributed by atoms with Gasteiger partial charge in [0, 0.05) is 53.5 Å². The van der Waals surface area contributed by atoms with Crippen LogP contribution in [0.2, 0.25) is 0 Å². The summed E-state index contributed by atoms with van der Waals surface area (Å²) >= 11 is 0. The van der Waals surface area contributed by atoms with Gasteiger partial charge in [-0.2, -0.15) is 0 Å². The van der Waals surface area contributed by atoms with E-state index < -0.39 is 0 Å². The molecule has 2 aromatic heterocycles. The number of nitrogens with zero attached hydrogens (tertiary/aromatic N) is 4. The molecule has 1 aliphatic rings. The number of pyridine rings is 2. The van der Waals surface area contributed by atoms with Crippen molar-refractivity contribution in [3.05, 3.63) is 59.2 Å². The maximum absolute atomic E-state index is 5.89. The molecule has 2 aromatic rings. The van der Waals surface area contributed by atoms with Gasteiger partial charge in [-0.05, 0) is 24.3 Å². The summed E-state index contributed by atoms with van der Waals surface area (Å²) < 4.78 is 44.3. The maximum Gasteiger partial charge on any atom is 0.146 e. The van der Waals surface area contributed by atoms with Gasteiger partial charge >= 0.3 is 0 Å². The molecular weight excluding hydrogens is 544 g/mol. The predicted molar refractivity (Wildman–Crippen MR) is 156 cm³/mol. The van der Waals surface area contributed by atoms with Crippen LogP contribution in [0.3, 0.4) is 0 Å². The average molecular weight is 593 g/mol. The lowest BCUT2D eigenvalue weighted by atomic mass is 10.3. The normalized spacial score (nSPS) is 18.0. The van der Waals surface area contributed by atoms with E-state index in [0.717, 1.165) is 49.0 Å². The number of aromatic nitrogens is 2. The van der Waals surface area contributed by atoms with Crippen LogP contribution >= 0.6 is 0 Å². The van der Waals surface area contributed by atoms with Crippen LogP contribution in [0.1, 0.15) is 22.8 Å². The van der Waals surface area contributed by atoms with Gasteiger partial charge in [0.2, 0.25) is 0 Å². The van der Waals surface area contributed by atoms with Crippen molar-refractivity contribution < 1.29 is 37.9 Å². The van der Waals surface area contributed by atoms with E-state index in [4.69, 9.17) is 47.9 Å². The summed E-state index contributed by atoms with van der Waals surface area (Å²) in [4.78, 5) is 14.0. The Balaban J connectivity index is 1.44. The number of methoxy groups -OCH3 is 2. The summed E-state index contributed by atoms with van der Waals surface area (Å²) in [7, 11) is 3.21. The van der Waals surface area contributed by atoms with Gasteiger partial charge in [0.25, 0.3) is 0 Å². The topological polar surface area (TPSA) is 106 Å². The van der Waals surface area contributed by atoms with Crippen LogP contribution in [-0.4, -0.2) is 127 Å². The molecule has 0 radical (unpaired) electrons. The van der Waals surface area contributed by atoms with Crippen LogP contribution < -0.4 is 0 Å². The van der Waals surface area contributed by atoms with E-state index in [1.54, 1.807) is 14.2 Å². The molecule has 1 saturated heterocycles.